The van der Waals surface area contributed by atoms with Crippen molar-refractivity contribution in [1.82, 2.24) is 14.5 Å². The fraction of sp³-hybridized carbons (Fsp3) is 0.143. The molecular weight excluding hydrogens is 448 g/mol. The summed E-state index contributed by atoms with van der Waals surface area (Å²) in [6, 6.07) is 12.5. The van der Waals surface area contributed by atoms with Crippen LogP contribution in [0.4, 0.5) is 11.4 Å². The van der Waals surface area contributed by atoms with Gasteiger partial charge < -0.3 is 16.4 Å². The van der Waals surface area contributed by atoms with Crippen LogP contribution in [0, 0.1) is 0 Å². The Kier molecular flexibility index (Phi) is 6.89. The zero-order valence-corrected chi connectivity index (χ0v) is 18.6. The molecule has 12 heteroatoms. The van der Waals surface area contributed by atoms with Gasteiger partial charge in [-0.2, -0.15) is 9.82 Å². The van der Waals surface area contributed by atoms with E-state index in [9.17, 15) is 22.8 Å². The molecule has 0 fully saturated rings. The second-order valence-corrected chi connectivity index (χ2v) is 8.81. The minimum atomic E-state index is -3.96. The number of rotatable bonds is 8. The normalized spacial score (nSPS) is 12.1. The van der Waals surface area contributed by atoms with E-state index in [-0.39, 0.29) is 16.5 Å². The van der Waals surface area contributed by atoms with Gasteiger partial charge in [-0.25, -0.2) is 13.1 Å². The molecule has 0 saturated carbocycles. The molecule has 0 unspecified atom stereocenters. The van der Waals surface area contributed by atoms with Gasteiger partial charge in [0.2, 0.25) is 21.8 Å². The summed E-state index contributed by atoms with van der Waals surface area (Å²) in [5, 5.41) is 9.22. The number of primary amides is 1. The van der Waals surface area contributed by atoms with Crippen molar-refractivity contribution in [3.63, 3.8) is 0 Å². The van der Waals surface area contributed by atoms with E-state index >= 15 is 0 Å². The van der Waals surface area contributed by atoms with E-state index in [1.165, 1.54) is 48.9 Å². The Morgan fingerprint density at radius 1 is 0.939 bits per heavy atom. The maximum atomic E-state index is 12.6. The van der Waals surface area contributed by atoms with Crippen LogP contribution in [0.3, 0.4) is 0 Å². The van der Waals surface area contributed by atoms with Gasteiger partial charge in [0, 0.05) is 24.5 Å². The topological polar surface area (TPSA) is 165 Å². The predicted molar refractivity (Wildman–Crippen MR) is 121 cm³/mol. The molecule has 1 aromatic heterocycles. The largest absolute Gasteiger partial charge is 0.364 e. The van der Waals surface area contributed by atoms with E-state index in [1.54, 1.807) is 30.5 Å². The molecule has 0 spiro atoms. The van der Waals surface area contributed by atoms with Crippen molar-refractivity contribution < 1.29 is 22.8 Å². The van der Waals surface area contributed by atoms with Crippen molar-refractivity contribution in [2.45, 2.75) is 24.8 Å². The van der Waals surface area contributed by atoms with Crippen LogP contribution in [0.5, 0.6) is 0 Å². The number of hydrogen-bond acceptors (Lipinski definition) is 6. The van der Waals surface area contributed by atoms with Crippen LogP contribution in [0.25, 0.3) is 5.69 Å². The van der Waals surface area contributed by atoms with Crippen molar-refractivity contribution in [2.75, 3.05) is 10.6 Å². The van der Waals surface area contributed by atoms with E-state index in [0.717, 1.165) is 0 Å². The van der Waals surface area contributed by atoms with Crippen molar-refractivity contribution in [1.29, 1.82) is 0 Å². The molecule has 0 radical (unpaired) electrons. The number of benzene rings is 2. The van der Waals surface area contributed by atoms with Gasteiger partial charge in [-0.05, 0) is 61.5 Å². The first-order valence-electron chi connectivity index (χ1n) is 9.72. The number of nitrogens with one attached hydrogen (secondary N) is 3. The Hall–Kier alpha value is -4.03. The molecule has 1 heterocycles. The number of anilines is 2. The SMILES string of the molecule is CC(=O)Nc1ccc(S(=O)(=O)N[C@@H](C)C(=O)Nc2ccc(-n3ccc(C(N)=O)n3)cc2)cc1. The maximum absolute atomic E-state index is 12.6. The molecule has 0 aliphatic carbocycles. The summed E-state index contributed by atoms with van der Waals surface area (Å²) < 4.78 is 28.9. The van der Waals surface area contributed by atoms with E-state index in [4.69, 9.17) is 5.73 Å². The van der Waals surface area contributed by atoms with Crippen LogP contribution < -0.4 is 21.1 Å². The summed E-state index contributed by atoms with van der Waals surface area (Å²) in [6.45, 7) is 2.76. The zero-order valence-electron chi connectivity index (χ0n) is 17.8. The molecule has 33 heavy (non-hydrogen) atoms. The summed E-state index contributed by atoms with van der Waals surface area (Å²) in [5.41, 5.74) is 6.85. The summed E-state index contributed by atoms with van der Waals surface area (Å²) >= 11 is 0. The smallest absolute Gasteiger partial charge is 0.269 e. The average molecular weight is 471 g/mol. The Labute approximate surface area is 190 Å². The highest BCUT2D eigenvalue weighted by Crippen LogP contribution is 2.16. The van der Waals surface area contributed by atoms with Gasteiger partial charge in [-0.1, -0.05) is 0 Å². The number of hydrogen-bond donors (Lipinski definition) is 4. The van der Waals surface area contributed by atoms with Crippen LogP contribution in [0.1, 0.15) is 24.3 Å². The minimum Gasteiger partial charge on any atom is -0.364 e. The van der Waals surface area contributed by atoms with E-state index in [2.05, 4.69) is 20.5 Å². The van der Waals surface area contributed by atoms with Gasteiger partial charge in [-0.15, -0.1) is 0 Å². The predicted octanol–water partition coefficient (Wildman–Crippen LogP) is 1.24. The number of carbonyl (C=O) groups is 3. The molecule has 3 aromatic rings. The van der Waals surface area contributed by atoms with Gasteiger partial charge in [0.25, 0.3) is 5.91 Å². The third-order valence-corrected chi connectivity index (χ3v) is 6.01. The monoisotopic (exact) mass is 470 g/mol. The van der Waals surface area contributed by atoms with E-state index in [0.29, 0.717) is 17.1 Å². The molecule has 0 bridgehead atoms. The first-order valence-corrected chi connectivity index (χ1v) is 11.2. The van der Waals surface area contributed by atoms with E-state index < -0.39 is 27.9 Å². The Morgan fingerprint density at radius 2 is 1.52 bits per heavy atom. The number of amides is 3. The highest BCUT2D eigenvalue weighted by Gasteiger charge is 2.22. The van der Waals surface area contributed by atoms with Crippen LogP contribution in [0.15, 0.2) is 65.7 Å². The lowest BCUT2D eigenvalue weighted by molar-refractivity contribution is -0.117. The van der Waals surface area contributed by atoms with E-state index in [1.807, 2.05) is 0 Å². The van der Waals surface area contributed by atoms with Crippen LogP contribution in [-0.2, 0) is 19.6 Å². The summed E-state index contributed by atoms with van der Waals surface area (Å²) in [6.07, 6.45) is 1.58. The first-order chi connectivity index (χ1) is 15.5. The van der Waals surface area contributed by atoms with Gasteiger partial charge in [0.1, 0.15) is 5.69 Å². The fourth-order valence-electron chi connectivity index (χ4n) is 2.82. The Morgan fingerprint density at radius 3 is 2.06 bits per heavy atom. The quantitative estimate of drug-likeness (QED) is 0.386. The van der Waals surface area contributed by atoms with Crippen LogP contribution in [-0.4, -0.2) is 42.0 Å². The molecule has 172 valence electrons. The van der Waals surface area contributed by atoms with Crippen molar-refractivity contribution in [2.24, 2.45) is 5.73 Å². The number of aromatic nitrogens is 2. The van der Waals surface area contributed by atoms with Crippen molar-refractivity contribution in [3.05, 3.63) is 66.5 Å². The van der Waals surface area contributed by atoms with Crippen LogP contribution in [0.2, 0.25) is 0 Å². The lowest BCUT2D eigenvalue weighted by Crippen LogP contribution is -2.41. The van der Waals surface area contributed by atoms with Gasteiger partial charge >= 0.3 is 0 Å². The van der Waals surface area contributed by atoms with Crippen LogP contribution >= 0.6 is 0 Å². The maximum Gasteiger partial charge on any atom is 0.269 e. The molecule has 0 aliphatic rings. The summed E-state index contributed by atoms with van der Waals surface area (Å²) in [7, 11) is -3.96. The summed E-state index contributed by atoms with van der Waals surface area (Å²) in [4.78, 5) is 34.7. The second kappa shape index (κ2) is 9.63. The molecule has 5 N–H and O–H groups in total. The molecule has 0 saturated heterocycles. The molecule has 2 aromatic carbocycles. The summed E-state index contributed by atoms with van der Waals surface area (Å²) in [5.74, 6) is -1.48. The third-order valence-electron chi connectivity index (χ3n) is 4.45. The Bertz CT molecular complexity index is 1280. The first kappa shape index (κ1) is 23.6. The zero-order chi connectivity index (χ0) is 24.2. The molecule has 1 atom stereocenters. The highest BCUT2D eigenvalue weighted by molar-refractivity contribution is 7.89. The number of nitrogens with zero attached hydrogens (tertiary/aromatic N) is 2. The fourth-order valence-corrected chi connectivity index (χ4v) is 4.03. The lowest BCUT2D eigenvalue weighted by atomic mass is 10.2. The molecule has 0 aliphatic heterocycles. The molecule has 11 nitrogen and oxygen atoms in total. The average Bonchev–Trinajstić information content (AvgIpc) is 3.24. The minimum absolute atomic E-state index is 0.0462. The molecular formula is C21H22N6O5S. The van der Waals surface area contributed by atoms with Crippen molar-refractivity contribution in [3.8, 4) is 5.69 Å². The number of nitrogens with two attached hydrogens (primary N) is 1. The number of sulfonamides is 1. The Balaban J connectivity index is 1.62. The standard InChI is InChI=1S/C21H22N6O5S/c1-13(26-33(31,32)18-9-5-15(6-10-18)23-14(2)28)21(30)24-16-3-7-17(8-4-16)27-12-11-19(25-27)20(22)29/h3-13,26H,1-2H3,(H2,22,29)(H,23,28)(H,24,30)/t13-/m0/s1. The van der Waals surface area contributed by atoms with Gasteiger partial charge in [0.15, 0.2) is 0 Å². The molecule has 3 rings (SSSR count). The van der Waals surface area contributed by atoms with Crippen molar-refractivity contribution >= 4 is 39.1 Å². The molecule has 3 amide bonds. The van der Waals surface area contributed by atoms with Gasteiger partial charge in [0.05, 0.1) is 16.6 Å². The third kappa shape index (κ3) is 6.02. The van der Waals surface area contributed by atoms with Gasteiger partial charge in [-0.3, -0.25) is 14.4 Å². The lowest BCUT2D eigenvalue weighted by Gasteiger charge is -2.15. The highest BCUT2D eigenvalue weighted by atomic mass is 32.2. The number of carbonyl (C=O) groups excluding carboxylic acids is 3. The second-order valence-electron chi connectivity index (χ2n) is 7.09.